The Bertz CT molecular complexity index is 1060. The average molecular weight is 378 g/mol. The predicted octanol–water partition coefficient (Wildman–Crippen LogP) is 2.59. The van der Waals surface area contributed by atoms with Crippen molar-refractivity contribution in [1.29, 1.82) is 5.26 Å². The molecule has 4 heterocycles. The third-order valence-electron chi connectivity index (χ3n) is 5.17. The minimum Gasteiger partial charge on any atom is -0.383 e. The number of ether oxygens (including phenoxy) is 1. The molecule has 27 heavy (non-hydrogen) atoms. The predicted molar refractivity (Wildman–Crippen MR) is 105 cm³/mol. The Labute approximate surface area is 160 Å². The van der Waals surface area contributed by atoms with Crippen molar-refractivity contribution in [3.63, 3.8) is 0 Å². The number of nitriles is 1. The lowest BCUT2D eigenvalue weighted by atomic mass is 9.88. The number of nitrogens with two attached hydrogens (primary N) is 1. The summed E-state index contributed by atoms with van der Waals surface area (Å²) in [6.45, 7) is 3.10. The highest BCUT2D eigenvalue weighted by molar-refractivity contribution is 7.19. The van der Waals surface area contributed by atoms with Gasteiger partial charge in [0, 0.05) is 42.3 Å². The zero-order chi connectivity index (χ0) is 18.4. The standard InChI is InChI=1S/C19H18N6OS/c20-9-13-16(15-10-23-19(27-15)25-5-7-26-8-6-25)12-1-2-14-11(3-4-22-14)17(12)24-18(13)21/h3-4,10,22H,1-2,5-8H2,(H2,21,24). The SMILES string of the molecule is N#Cc1c(N)nc2c(c1-c1cnc(N3CCOCC3)s1)CCc1[nH]ccc1-2. The van der Waals surface area contributed by atoms with Crippen LogP contribution >= 0.6 is 11.3 Å². The summed E-state index contributed by atoms with van der Waals surface area (Å²) in [5, 5.41) is 10.7. The lowest BCUT2D eigenvalue weighted by Crippen LogP contribution is -2.36. The maximum atomic E-state index is 9.75. The first-order valence-corrected chi connectivity index (χ1v) is 9.76. The Morgan fingerprint density at radius 1 is 1.30 bits per heavy atom. The van der Waals surface area contributed by atoms with Crippen LogP contribution in [0.4, 0.5) is 10.9 Å². The maximum Gasteiger partial charge on any atom is 0.186 e. The second-order valence-electron chi connectivity index (χ2n) is 6.66. The lowest BCUT2D eigenvalue weighted by molar-refractivity contribution is 0.122. The largest absolute Gasteiger partial charge is 0.383 e. The van der Waals surface area contributed by atoms with Gasteiger partial charge in [-0.25, -0.2) is 9.97 Å². The van der Waals surface area contributed by atoms with E-state index >= 15 is 0 Å². The second-order valence-corrected chi connectivity index (χ2v) is 7.67. The van der Waals surface area contributed by atoms with Crippen LogP contribution < -0.4 is 10.6 Å². The molecular weight excluding hydrogens is 360 g/mol. The first-order valence-electron chi connectivity index (χ1n) is 8.94. The fraction of sp³-hybridized carbons (Fsp3) is 0.316. The molecule has 5 rings (SSSR count). The van der Waals surface area contributed by atoms with E-state index in [9.17, 15) is 5.26 Å². The van der Waals surface area contributed by atoms with Crippen LogP contribution in [-0.4, -0.2) is 41.3 Å². The highest BCUT2D eigenvalue weighted by Gasteiger charge is 2.27. The van der Waals surface area contributed by atoms with Crippen molar-refractivity contribution < 1.29 is 4.74 Å². The van der Waals surface area contributed by atoms with Gasteiger partial charge >= 0.3 is 0 Å². The summed E-state index contributed by atoms with van der Waals surface area (Å²) in [5.74, 6) is 0.279. The van der Waals surface area contributed by atoms with Gasteiger partial charge in [-0.1, -0.05) is 11.3 Å². The van der Waals surface area contributed by atoms with Crippen molar-refractivity contribution >= 4 is 22.3 Å². The number of nitrogen functional groups attached to an aromatic ring is 1. The molecule has 0 spiro atoms. The Kier molecular flexibility index (Phi) is 3.85. The Balaban J connectivity index is 1.66. The molecule has 1 aliphatic carbocycles. The molecule has 3 aromatic rings. The molecule has 0 saturated carbocycles. The van der Waals surface area contributed by atoms with Crippen LogP contribution in [0.2, 0.25) is 0 Å². The minimum atomic E-state index is 0.279. The monoisotopic (exact) mass is 378 g/mol. The van der Waals surface area contributed by atoms with E-state index in [2.05, 4.69) is 25.9 Å². The number of pyridine rings is 1. The fourth-order valence-electron chi connectivity index (χ4n) is 3.86. The number of anilines is 2. The van der Waals surface area contributed by atoms with Gasteiger partial charge in [-0.05, 0) is 24.5 Å². The summed E-state index contributed by atoms with van der Waals surface area (Å²) >= 11 is 1.60. The van der Waals surface area contributed by atoms with Gasteiger partial charge in [0.1, 0.15) is 17.5 Å². The van der Waals surface area contributed by atoms with Gasteiger partial charge in [-0.3, -0.25) is 0 Å². The normalized spacial score (nSPS) is 15.9. The molecule has 3 aromatic heterocycles. The number of aryl methyl sites for hydroxylation is 1. The fourth-order valence-corrected chi connectivity index (χ4v) is 4.90. The van der Waals surface area contributed by atoms with Crippen LogP contribution in [0.3, 0.4) is 0 Å². The molecule has 1 aliphatic heterocycles. The zero-order valence-corrected chi connectivity index (χ0v) is 15.5. The van der Waals surface area contributed by atoms with E-state index in [0.29, 0.717) is 18.8 Å². The Hall–Kier alpha value is -2.89. The van der Waals surface area contributed by atoms with Crippen LogP contribution in [0, 0.1) is 11.3 Å². The summed E-state index contributed by atoms with van der Waals surface area (Å²) in [7, 11) is 0. The second kappa shape index (κ2) is 6.37. The molecule has 1 saturated heterocycles. The van der Waals surface area contributed by atoms with Gasteiger partial charge in [0.15, 0.2) is 5.13 Å². The summed E-state index contributed by atoms with van der Waals surface area (Å²) in [5.41, 5.74) is 11.7. The number of nitrogens with one attached hydrogen (secondary N) is 1. The van der Waals surface area contributed by atoms with E-state index in [1.165, 1.54) is 5.69 Å². The molecule has 0 radical (unpaired) electrons. The topological polar surface area (TPSA) is 104 Å². The molecule has 8 heteroatoms. The lowest BCUT2D eigenvalue weighted by Gasteiger charge is -2.26. The quantitative estimate of drug-likeness (QED) is 0.710. The van der Waals surface area contributed by atoms with Gasteiger partial charge in [0.2, 0.25) is 0 Å². The van der Waals surface area contributed by atoms with E-state index in [0.717, 1.165) is 58.3 Å². The number of H-pyrrole nitrogens is 1. The molecule has 0 atom stereocenters. The van der Waals surface area contributed by atoms with Crippen molar-refractivity contribution in [3.05, 3.63) is 35.3 Å². The van der Waals surface area contributed by atoms with Crippen LogP contribution in [-0.2, 0) is 17.6 Å². The third kappa shape index (κ3) is 2.59. The van der Waals surface area contributed by atoms with Gasteiger partial charge in [0.05, 0.1) is 23.8 Å². The van der Waals surface area contributed by atoms with E-state index in [4.69, 9.17) is 10.5 Å². The molecule has 0 bridgehead atoms. The maximum absolute atomic E-state index is 9.75. The summed E-state index contributed by atoms with van der Waals surface area (Å²) < 4.78 is 5.43. The molecule has 7 nitrogen and oxygen atoms in total. The molecule has 3 N–H and O–H groups in total. The minimum absolute atomic E-state index is 0.279. The van der Waals surface area contributed by atoms with Crippen molar-refractivity contribution in [3.8, 4) is 27.8 Å². The van der Waals surface area contributed by atoms with Crippen LogP contribution in [0.1, 0.15) is 16.8 Å². The number of thiazole rings is 1. The number of aromatic nitrogens is 3. The number of hydrogen-bond acceptors (Lipinski definition) is 7. The molecule has 0 aromatic carbocycles. The van der Waals surface area contributed by atoms with Crippen LogP contribution in [0.15, 0.2) is 18.5 Å². The molecular formula is C19H18N6OS. The Morgan fingerprint density at radius 2 is 2.15 bits per heavy atom. The number of nitrogens with zero attached hydrogens (tertiary/aromatic N) is 4. The van der Waals surface area contributed by atoms with Crippen LogP contribution in [0.25, 0.3) is 21.7 Å². The van der Waals surface area contributed by atoms with E-state index in [1.807, 2.05) is 18.5 Å². The number of rotatable bonds is 2. The van der Waals surface area contributed by atoms with Gasteiger partial charge < -0.3 is 20.4 Å². The Morgan fingerprint density at radius 3 is 2.96 bits per heavy atom. The average Bonchev–Trinajstić information content (AvgIpc) is 3.37. The molecule has 136 valence electrons. The smallest absolute Gasteiger partial charge is 0.186 e. The number of morpholine rings is 1. The summed E-state index contributed by atoms with van der Waals surface area (Å²) in [4.78, 5) is 15.7. The van der Waals surface area contributed by atoms with Gasteiger partial charge in [-0.15, -0.1) is 0 Å². The first-order chi connectivity index (χ1) is 13.3. The third-order valence-corrected chi connectivity index (χ3v) is 6.25. The molecule has 2 aliphatic rings. The van der Waals surface area contributed by atoms with Gasteiger partial charge in [-0.2, -0.15) is 5.26 Å². The molecule has 0 amide bonds. The van der Waals surface area contributed by atoms with Gasteiger partial charge in [0.25, 0.3) is 0 Å². The van der Waals surface area contributed by atoms with Crippen LogP contribution in [0.5, 0.6) is 0 Å². The highest BCUT2D eigenvalue weighted by Crippen LogP contribution is 2.43. The zero-order valence-electron chi connectivity index (χ0n) is 14.7. The van der Waals surface area contributed by atoms with E-state index in [-0.39, 0.29) is 5.82 Å². The van der Waals surface area contributed by atoms with Crippen molar-refractivity contribution in [2.45, 2.75) is 12.8 Å². The van der Waals surface area contributed by atoms with Crippen molar-refractivity contribution in [2.24, 2.45) is 0 Å². The molecule has 0 unspecified atom stereocenters. The van der Waals surface area contributed by atoms with E-state index in [1.54, 1.807) is 11.3 Å². The number of hydrogen-bond donors (Lipinski definition) is 2. The highest BCUT2D eigenvalue weighted by atomic mass is 32.1. The number of fused-ring (bicyclic) bond motifs is 3. The van der Waals surface area contributed by atoms with Crippen molar-refractivity contribution in [1.82, 2.24) is 15.0 Å². The van der Waals surface area contributed by atoms with E-state index < -0.39 is 0 Å². The molecule has 1 fully saturated rings. The van der Waals surface area contributed by atoms with Crippen molar-refractivity contribution in [2.75, 3.05) is 36.9 Å². The number of aromatic amines is 1. The summed E-state index contributed by atoms with van der Waals surface area (Å²) in [6, 6.07) is 4.30. The first kappa shape index (κ1) is 16.3. The summed E-state index contributed by atoms with van der Waals surface area (Å²) in [6.07, 6.45) is 5.51.